The Morgan fingerprint density at radius 2 is 1.83 bits per heavy atom. The van der Waals surface area contributed by atoms with Crippen LogP contribution in [0.15, 0.2) is 10.3 Å². The fourth-order valence-electron chi connectivity index (χ4n) is 1.95. The predicted octanol–water partition coefficient (Wildman–Crippen LogP) is 2.33. The molecule has 0 amide bonds. The number of aryl methyl sites for hydroxylation is 1. The summed E-state index contributed by atoms with van der Waals surface area (Å²) >= 11 is 1.43. The number of nitrogens with two attached hydrogens (primary N) is 1. The normalized spacial score (nSPS) is 12.3. The SMILES string of the molecule is CCCN(CCC)S(=O)(=O)c1c(C)csc1CN. The van der Waals surface area contributed by atoms with Gasteiger partial charge in [-0.2, -0.15) is 4.31 Å². The van der Waals surface area contributed by atoms with E-state index in [1.54, 1.807) is 4.31 Å². The molecular formula is C12H22N2O2S2. The number of thiophene rings is 1. The summed E-state index contributed by atoms with van der Waals surface area (Å²) in [6.07, 6.45) is 1.64. The van der Waals surface area contributed by atoms with Crippen molar-refractivity contribution >= 4 is 21.4 Å². The summed E-state index contributed by atoms with van der Waals surface area (Å²) in [4.78, 5) is 1.18. The van der Waals surface area contributed by atoms with Crippen LogP contribution in [0.3, 0.4) is 0 Å². The van der Waals surface area contributed by atoms with Gasteiger partial charge in [0.15, 0.2) is 0 Å². The minimum atomic E-state index is -3.39. The molecule has 1 rings (SSSR count). The highest BCUT2D eigenvalue weighted by Crippen LogP contribution is 2.29. The third-order valence-corrected chi connectivity index (χ3v) is 6.10. The van der Waals surface area contributed by atoms with E-state index in [0.717, 1.165) is 23.3 Å². The Morgan fingerprint density at radius 1 is 1.28 bits per heavy atom. The van der Waals surface area contributed by atoms with E-state index in [0.29, 0.717) is 18.0 Å². The molecule has 0 spiro atoms. The van der Waals surface area contributed by atoms with Gasteiger partial charge in [0.05, 0.1) is 0 Å². The molecule has 0 bridgehead atoms. The van der Waals surface area contributed by atoms with Crippen LogP contribution in [0.25, 0.3) is 0 Å². The molecule has 0 aromatic carbocycles. The van der Waals surface area contributed by atoms with Crippen LogP contribution in [-0.2, 0) is 16.6 Å². The average Bonchev–Trinajstić information content (AvgIpc) is 2.70. The van der Waals surface area contributed by atoms with Crippen molar-refractivity contribution in [3.05, 3.63) is 15.8 Å². The first-order chi connectivity index (χ1) is 8.48. The van der Waals surface area contributed by atoms with E-state index in [-0.39, 0.29) is 6.54 Å². The third-order valence-electron chi connectivity index (χ3n) is 2.72. The van der Waals surface area contributed by atoms with Crippen molar-refractivity contribution in [1.29, 1.82) is 0 Å². The lowest BCUT2D eigenvalue weighted by Crippen LogP contribution is -2.33. The molecule has 4 nitrogen and oxygen atoms in total. The van der Waals surface area contributed by atoms with Crippen LogP contribution in [0.2, 0.25) is 0 Å². The molecule has 0 aliphatic carbocycles. The van der Waals surface area contributed by atoms with E-state index in [2.05, 4.69) is 0 Å². The molecule has 104 valence electrons. The van der Waals surface area contributed by atoms with Crippen molar-refractivity contribution < 1.29 is 8.42 Å². The van der Waals surface area contributed by atoms with Gasteiger partial charge in [0.1, 0.15) is 4.90 Å². The van der Waals surface area contributed by atoms with Crippen LogP contribution in [-0.4, -0.2) is 25.8 Å². The lowest BCUT2D eigenvalue weighted by molar-refractivity contribution is 0.409. The molecule has 1 aromatic rings. The molecule has 0 saturated heterocycles. The zero-order valence-electron chi connectivity index (χ0n) is 11.3. The number of nitrogens with zero attached hydrogens (tertiary/aromatic N) is 1. The van der Waals surface area contributed by atoms with Gasteiger partial charge in [-0.05, 0) is 30.7 Å². The van der Waals surface area contributed by atoms with Crippen LogP contribution < -0.4 is 5.73 Å². The first-order valence-electron chi connectivity index (χ1n) is 6.26. The maximum absolute atomic E-state index is 12.7. The van der Waals surface area contributed by atoms with Crippen molar-refractivity contribution in [2.75, 3.05) is 13.1 Å². The van der Waals surface area contributed by atoms with Crippen LogP contribution in [0.1, 0.15) is 37.1 Å². The Labute approximate surface area is 114 Å². The van der Waals surface area contributed by atoms with Crippen molar-refractivity contribution in [2.45, 2.75) is 45.1 Å². The molecule has 0 radical (unpaired) electrons. The fourth-order valence-corrected chi connectivity index (χ4v) is 5.23. The number of rotatable bonds is 7. The van der Waals surface area contributed by atoms with Gasteiger partial charge < -0.3 is 5.73 Å². The smallest absolute Gasteiger partial charge is 0.244 e. The Hall–Kier alpha value is -0.430. The minimum absolute atomic E-state index is 0.277. The van der Waals surface area contributed by atoms with Gasteiger partial charge in [0.2, 0.25) is 10.0 Å². The molecule has 0 fully saturated rings. The Bertz CT molecular complexity index is 474. The first-order valence-corrected chi connectivity index (χ1v) is 8.58. The lowest BCUT2D eigenvalue weighted by atomic mass is 10.3. The van der Waals surface area contributed by atoms with Gasteiger partial charge in [0, 0.05) is 24.5 Å². The third kappa shape index (κ3) is 3.12. The van der Waals surface area contributed by atoms with Crippen LogP contribution in [0.5, 0.6) is 0 Å². The fraction of sp³-hybridized carbons (Fsp3) is 0.667. The monoisotopic (exact) mass is 290 g/mol. The molecule has 0 unspecified atom stereocenters. The molecule has 2 N–H and O–H groups in total. The average molecular weight is 290 g/mol. The summed E-state index contributed by atoms with van der Waals surface area (Å²) in [7, 11) is -3.39. The topological polar surface area (TPSA) is 63.4 Å². The number of hydrogen-bond acceptors (Lipinski definition) is 4. The van der Waals surface area contributed by atoms with Gasteiger partial charge in [-0.15, -0.1) is 11.3 Å². The maximum atomic E-state index is 12.7. The quantitative estimate of drug-likeness (QED) is 0.838. The van der Waals surface area contributed by atoms with Crippen molar-refractivity contribution in [3.8, 4) is 0 Å². The molecule has 1 aromatic heterocycles. The van der Waals surface area contributed by atoms with E-state index < -0.39 is 10.0 Å². The zero-order valence-corrected chi connectivity index (χ0v) is 12.9. The van der Waals surface area contributed by atoms with Gasteiger partial charge in [-0.25, -0.2) is 8.42 Å². The summed E-state index contributed by atoms with van der Waals surface area (Å²) < 4.78 is 26.9. The summed E-state index contributed by atoms with van der Waals surface area (Å²) in [5.41, 5.74) is 6.44. The largest absolute Gasteiger partial charge is 0.326 e. The number of hydrogen-bond donors (Lipinski definition) is 1. The van der Waals surface area contributed by atoms with Crippen molar-refractivity contribution in [3.63, 3.8) is 0 Å². The summed E-state index contributed by atoms with van der Waals surface area (Å²) in [5, 5.41) is 1.87. The molecule has 6 heteroatoms. The molecule has 0 aliphatic heterocycles. The van der Waals surface area contributed by atoms with E-state index in [1.807, 2.05) is 26.2 Å². The second-order valence-corrected chi connectivity index (χ2v) is 7.12. The van der Waals surface area contributed by atoms with Crippen molar-refractivity contribution in [1.82, 2.24) is 4.31 Å². The summed E-state index contributed by atoms with van der Waals surface area (Å²) in [6, 6.07) is 0. The summed E-state index contributed by atoms with van der Waals surface area (Å²) in [5.74, 6) is 0. The predicted molar refractivity (Wildman–Crippen MR) is 76.3 cm³/mol. The minimum Gasteiger partial charge on any atom is -0.326 e. The highest BCUT2D eigenvalue weighted by Gasteiger charge is 2.28. The molecular weight excluding hydrogens is 268 g/mol. The lowest BCUT2D eigenvalue weighted by Gasteiger charge is -2.21. The molecule has 0 atom stereocenters. The Kier molecular flexibility index (Phi) is 5.78. The summed E-state index contributed by atoms with van der Waals surface area (Å²) in [6.45, 7) is 7.22. The molecule has 18 heavy (non-hydrogen) atoms. The van der Waals surface area contributed by atoms with Gasteiger partial charge >= 0.3 is 0 Å². The van der Waals surface area contributed by atoms with Crippen LogP contribution >= 0.6 is 11.3 Å². The highest BCUT2D eigenvalue weighted by molar-refractivity contribution is 7.89. The van der Waals surface area contributed by atoms with Crippen LogP contribution in [0.4, 0.5) is 0 Å². The van der Waals surface area contributed by atoms with E-state index in [4.69, 9.17) is 5.73 Å². The standard InChI is InChI=1S/C12H22N2O2S2/c1-4-6-14(7-5-2)18(15,16)12-10(3)9-17-11(12)8-13/h9H,4-8,13H2,1-3H3. The first kappa shape index (κ1) is 15.6. The second-order valence-electron chi connectivity index (χ2n) is 4.28. The van der Waals surface area contributed by atoms with E-state index in [1.165, 1.54) is 11.3 Å². The second kappa shape index (κ2) is 6.65. The maximum Gasteiger partial charge on any atom is 0.244 e. The Balaban J connectivity index is 3.21. The van der Waals surface area contributed by atoms with E-state index in [9.17, 15) is 8.42 Å². The van der Waals surface area contributed by atoms with Gasteiger partial charge in [-0.1, -0.05) is 13.8 Å². The van der Waals surface area contributed by atoms with Crippen molar-refractivity contribution in [2.24, 2.45) is 5.73 Å². The zero-order chi connectivity index (χ0) is 13.8. The van der Waals surface area contributed by atoms with Gasteiger partial charge in [-0.3, -0.25) is 0 Å². The molecule has 0 saturated carbocycles. The molecule has 0 aliphatic rings. The highest BCUT2D eigenvalue weighted by atomic mass is 32.2. The van der Waals surface area contributed by atoms with Gasteiger partial charge in [0.25, 0.3) is 0 Å². The molecule has 1 heterocycles. The number of sulfonamides is 1. The van der Waals surface area contributed by atoms with Crippen LogP contribution in [0, 0.1) is 6.92 Å². The van der Waals surface area contributed by atoms with E-state index >= 15 is 0 Å². The Morgan fingerprint density at radius 3 is 2.28 bits per heavy atom.